The molecule has 0 aliphatic carbocycles. The first kappa shape index (κ1) is 20.8. The minimum absolute atomic E-state index is 0.0150. The van der Waals surface area contributed by atoms with Crippen LogP contribution < -0.4 is 10.4 Å². The largest absolute Gasteiger partial charge is 0.399 e. The predicted molar refractivity (Wildman–Crippen MR) is 128 cm³/mol. The smallest absolute Gasteiger partial charge is 0.263 e. The molecule has 0 aromatic heterocycles. The maximum Gasteiger partial charge on any atom is 0.263 e. The van der Waals surface area contributed by atoms with Gasteiger partial charge in [-0.05, 0) is 35.6 Å². The molecule has 6 heteroatoms. The highest BCUT2D eigenvalue weighted by Gasteiger charge is 2.65. The van der Waals surface area contributed by atoms with Crippen molar-refractivity contribution in [1.29, 1.82) is 0 Å². The SMILES string of the molecule is C[Si](C)(C)ON1OC[C@@H]2[C@H]1[C@@H](c1ccccc1)O[Si]2(c1ccccc1)c1ccccc1. The van der Waals surface area contributed by atoms with Crippen LogP contribution in [-0.2, 0) is 13.8 Å². The van der Waals surface area contributed by atoms with Gasteiger partial charge in [0.15, 0.2) is 0 Å². The maximum atomic E-state index is 7.27. The van der Waals surface area contributed by atoms with Crippen molar-refractivity contribution in [2.75, 3.05) is 6.61 Å². The molecule has 2 aliphatic heterocycles. The number of hydroxylamine groups is 2. The zero-order valence-corrected chi connectivity index (χ0v) is 20.3. The van der Waals surface area contributed by atoms with Crippen LogP contribution in [0, 0.1) is 0 Å². The van der Waals surface area contributed by atoms with Gasteiger partial charge in [0.25, 0.3) is 8.32 Å². The molecular formula is C25H29NO3Si2. The van der Waals surface area contributed by atoms with E-state index in [1.165, 1.54) is 15.9 Å². The Labute approximate surface area is 186 Å². The van der Waals surface area contributed by atoms with Crippen LogP contribution in [0.4, 0.5) is 0 Å². The Morgan fingerprint density at radius 3 is 1.84 bits per heavy atom. The second kappa shape index (κ2) is 8.13. The van der Waals surface area contributed by atoms with Gasteiger partial charge < -0.3 is 8.95 Å². The zero-order chi connectivity index (χ0) is 21.5. The van der Waals surface area contributed by atoms with Crippen molar-refractivity contribution in [3.63, 3.8) is 0 Å². The van der Waals surface area contributed by atoms with Crippen LogP contribution in [0.1, 0.15) is 11.7 Å². The molecule has 2 fully saturated rings. The van der Waals surface area contributed by atoms with E-state index in [1.54, 1.807) is 5.23 Å². The second-order valence-electron chi connectivity index (χ2n) is 9.30. The van der Waals surface area contributed by atoms with E-state index < -0.39 is 16.6 Å². The van der Waals surface area contributed by atoms with E-state index in [-0.39, 0.29) is 17.7 Å². The minimum Gasteiger partial charge on any atom is -0.399 e. The molecule has 5 rings (SSSR count). The van der Waals surface area contributed by atoms with E-state index in [0.717, 1.165) is 0 Å². The van der Waals surface area contributed by atoms with Gasteiger partial charge in [-0.15, -0.1) is 0 Å². The zero-order valence-electron chi connectivity index (χ0n) is 18.3. The fraction of sp³-hybridized carbons (Fsp3) is 0.280. The fourth-order valence-electron chi connectivity index (χ4n) is 4.89. The van der Waals surface area contributed by atoms with Crippen LogP contribution in [0.5, 0.6) is 0 Å². The number of fused-ring (bicyclic) bond motifs is 1. The van der Waals surface area contributed by atoms with E-state index in [4.69, 9.17) is 13.8 Å². The summed E-state index contributed by atoms with van der Waals surface area (Å²) >= 11 is 0. The van der Waals surface area contributed by atoms with Crippen molar-refractivity contribution in [2.24, 2.45) is 0 Å². The third-order valence-corrected chi connectivity index (χ3v) is 11.4. The average Bonchev–Trinajstić information content (AvgIpc) is 3.34. The standard InChI is InChI=1S/C25H29NO3Si2/c1-30(2,3)29-26-24-23(19-27-26)31(21-15-9-5-10-16-21,22-17-11-6-12-18-22)28-25(24)20-13-7-4-8-14-20/h4-18,23-25H,19H2,1-3H3/t23-,24+,25-/m1/s1. The van der Waals surface area contributed by atoms with Crippen molar-refractivity contribution in [1.82, 2.24) is 5.23 Å². The lowest BCUT2D eigenvalue weighted by molar-refractivity contribution is -0.318. The highest BCUT2D eigenvalue weighted by Crippen LogP contribution is 2.51. The van der Waals surface area contributed by atoms with Gasteiger partial charge in [-0.1, -0.05) is 96.2 Å². The lowest BCUT2D eigenvalue weighted by atomic mass is 10.0. The van der Waals surface area contributed by atoms with Gasteiger partial charge in [-0.25, -0.2) is 0 Å². The molecule has 2 heterocycles. The third-order valence-electron chi connectivity index (χ3n) is 6.08. The molecule has 0 radical (unpaired) electrons. The number of benzene rings is 3. The first-order chi connectivity index (χ1) is 15.0. The summed E-state index contributed by atoms with van der Waals surface area (Å²) in [5.41, 5.74) is 1.40. The molecular weight excluding hydrogens is 418 g/mol. The Balaban J connectivity index is 1.68. The summed E-state index contributed by atoms with van der Waals surface area (Å²) in [5.74, 6) is 0. The molecule has 31 heavy (non-hydrogen) atoms. The molecule has 4 nitrogen and oxygen atoms in total. The fourth-order valence-corrected chi connectivity index (χ4v) is 10.4. The van der Waals surface area contributed by atoms with E-state index in [1.807, 2.05) is 0 Å². The van der Waals surface area contributed by atoms with Crippen molar-refractivity contribution in [2.45, 2.75) is 37.3 Å². The van der Waals surface area contributed by atoms with Gasteiger partial charge in [0.1, 0.15) is 0 Å². The summed E-state index contributed by atoms with van der Waals surface area (Å²) in [6.07, 6.45) is -0.114. The van der Waals surface area contributed by atoms with E-state index >= 15 is 0 Å². The van der Waals surface area contributed by atoms with Crippen molar-refractivity contribution in [3.8, 4) is 0 Å². The Bertz CT molecular complexity index is 972. The summed E-state index contributed by atoms with van der Waals surface area (Å²) in [5, 5.41) is 4.37. The molecule has 2 saturated heterocycles. The van der Waals surface area contributed by atoms with Crippen LogP contribution in [0.3, 0.4) is 0 Å². The molecule has 0 unspecified atom stereocenters. The normalized spacial score (nSPS) is 25.5. The van der Waals surface area contributed by atoms with Crippen LogP contribution in [0.15, 0.2) is 91.0 Å². The topological polar surface area (TPSA) is 30.9 Å². The van der Waals surface area contributed by atoms with E-state index in [9.17, 15) is 0 Å². The van der Waals surface area contributed by atoms with Crippen molar-refractivity contribution < 1.29 is 13.8 Å². The molecule has 2 aliphatic rings. The summed E-state index contributed by atoms with van der Waals surface area (Å²) in [4.78, 5) is 6.25. The Kier molecular flexibility index (Phi) is 5.46. The predicted octanol–water partition coefficient (Wildman–Crippen LogP) is 4.27. The highest BCUT2D eigenvalue weighted by molar-refractivity contribution is 6.99. The first-order valence-electron chi connectivity index (χ1n) is 10.9. The van der Waals surface area contributed by atoms with Crippen molar-refractivity contribution >= 4 is 27.0 Å². The van der Waals surface area contributed by atoms with Crippen LogP contribution >= 0.6 is 0 Å². The van der Waals surface area contributed by atoms with E-state index in [2.05, 4.69) is 111 Å². The Morgan fingerprint density at radius 2 is 1.32 bits per heavy atom. The quantitative estimate of drug-likeness (QED) is 0.547. The molecule has 3 aromatic rings. The number of rotatable bonds is 5. The van der Waals surface area contributed by atoms with E-state index in [0.29, 0.717) is 6.61 Å². The average molecular weight is 448 g/mol. The summed E-state index contributed by atoms with van der Waals surface area (Å²) < 4.78 is 13.7. The number of hydrogen-bond donors (Lipinski definition) is 0. The van der Waals surface area contributed by atoms with Gasteiger partial charge in [0.2, 0.25) is 8.32 Å². The van der Waals surface area contributed by atoms with Crippen LogP contribution in [0.2, 0.25) is 25.2 Å². The van der Waals surface area contributed by atoms with Crippen LogP contribution in [0.25, 0.3) is 0 Å². The van der Waals surface area contributed by atoms with Crippen LogP contribution in [-0.4, -0.2) is 34.5 Å². The van der Waals surface area contributed by atoms with Gasteiger partial charge in [-0.3, -0.25) is 4.84 Å². The highest BCUT2D eigenvalue weighted by atomic mass is 28.4. The van der Waals surface area contributed by atoms with Crippen molar-refractivity contribution in [3.05, 3.63) is 96.6 Å². The molecule has 0 bridgehead atoms. The summed E-state index contributed by atoms with van der Waals surface area (Å²) in [6.45, 7) is 7.18. The van der Waals surface area contributed by atoms with Gasteiger partial charge in [-0.2, -0.15) is 0 Å². The lowest BCUT2D eigenvalue weighted by Gasteiger charge is -2.32. The molecule has 3 atom stereocenters. The summed E-state index contributed by atoms with van der Waals surface area (Å²) in [6, 6.07) is 32.1. The molecule has 0 amide bonds. The van der Waals surface area contributed by atoms with Gasteiger partial charge in [0, 0.05) is 5.54 Å². The molecule has 160 valence electrons. The summed E-state index contributed by atoms with van der Waals surface area (Å²) in [7, 11) is -4.47. The molecule has 0 saturated carbocycles. The monoisotopic (exact) mass is 447 g/mol. The Hall–Kier alpha value is -2.07. The maximum absolute atomic E-state index is 7.27. The third kappa shape index (κ3) is 3.73. The minimum atomic E-state index is -2.61. The lowest BCUT2D eigenvalue weighted by Crippen LogP contribution is -2.62. The second-order valence-corrected chi connectivity index (χ2v) is 17.3. The molecule has 0 spiro atoms. The molecule has 0 N–H and O–H groups in total. The first-order valence-corrected chi connectivity index (χ1v) is 16.3. The number of hydrogen-bond acceptors (Lipinski definition) is 4. The van der Waals surface area contributed by atoms with Gasteiger partial charge >= 0.3 is 0 Å². The Morgan fingerprint density at radius 1 is 0.806 bits per heavy atom. The number of nitrogens with zero attached hydrogens (tertiary/aromatic N) is 1. The molecule has 3 aromatic carbocycles. The van der Waals surface area contributed by atoms with Gasteiger partial charge in [0.05, 0.1) is 18.8 Å².